The van der Waals surface area contributed by atoms with Crippen LogP contribution in [0, 0.1) is 30.6 Å². The normalized spacial score (nSPS) is 29.3. The molecule has 0 aliphatic carbocycles. The molecule has 16 nitrogen and oxygen atoms in total. The second-order valence-corrected chi connectivity index (χ2v) is 17.6. The van der Waals surface area contributed by atoms with Gasteiger partial charge in [0, 0.05) is 93.9 Å². The number of aliphatic hydroxyl groups excluding tert-OH is 2. The fourth-order valence-corrected chi connectivity index (χ4v) is 8.86. The van der Waals surface area contributed by atoms with Crippen LogP contribution in [0.5, 0.6) is 23.0 Å². The number of fused-ring (bicyclic) bond motifs is 14. The average Bonchev–Trinajstić information content (AvgIpc) is 3.55. The number of ketones is 1. The van der Waals surface area contributed by atoms with Gasteiger partial charge in [-0.2, -0.15) is 5.10 Å². The Morgan fingerprint density at radius 1 is 0.923 bits per heavy atom. The molecule has 9 unspecified atom stereocenters. The second-order valence-electron chi connectivity index (χ2n) is 17.6. The molecule has 4 aliphatic rings. The molecule has 0 aromatic heterocycles. The Balaban J connectivity index is 1.46. The van der Waals surface area contributed by atoms with Crippen LogP contribution in [-0.4, -0.2) is 123 Å². The quantitative estimate of drug-likeness (QED) is 0.0734. The highest BCUT2D eigenvalue weighted by Gasteiger charge is 2.50. The molecular formula is C49H62N4O12. The van der Waals surface area contributed by atoms with Crippen LogP contribution in [0.2, 0.25) is 0 Å². The van der Waals surface area contributed by atoms with E-state index in [0.717, 1.165) is 6.54 Å². The van der Waals surface area contributed by atoms with Gasteiger partial charge in [0.1, 0.15) is 23.4 Å². The number of phenols is 3. The van der Waals surface area contributed by atoms with Gasteiger partial charge in [-0.15, -0.1) is 0 Å². The van der Waals surface area contributed by atoms with Crippen molar-refractivity contribution in [3.63, 3.8) is 0 Å². The first-order valence-electron chi connectivity index (χ1n) is 21.9. The Bertz CT molecular complexity index is 2390. The summed E-state index contributed by atoms with van der Waals surface area (Å²) < 4.78 is 23.7. The van der Waals surface area contributed by atoms with E-state index in [9.17, 15) is 39.9 Å². The Labute approximate surface area is 379 Å². The first kappa shape index (κ1) is 48.5. The van der Waals surface area contributed by atoms with Crippen LogP contribution < -0.4 is 10.1 Å². The first-order valence-corrected chi connectivity index (χ1v) is 21.9. The molecule has 65 heavy (non-hydrogen) atoms. The molecule has 7 rings (SSSR count). The minimum atomic E-state index is -2.06. The van der Waals surface area contributed by atoms with E-state index in [4.69, 9.17) is 18.9 Å². The number of esters is 1. The summed E-state index contributed by atoms with van der Waals surface area (Å²) in [6.45, 7) is 15.8. The molecule has 6 N–H and O–H groups in total. The predicted octanol–water partition coefficient (Wildman–Crippen LogP) is 5.91. The number of benzene rings is 3. The molecule has 0 radical (unpaired) electrons. The van der Waals surface area contributed by atoms with Crippen LogP contribution in [0.1, 0.15) is 75.5 Å². The van der Waals surface area contributed by atoms with Gasteiger partial charge < -0.3 is 49.8 Å². The van der Waals surface area contributed by atoms with Gasteiger partial charge in [-0.25, -0.2) is 0 Å². The zero-order valence-electron chi connectivity index (χ0n) is 38.4. The molecule has 1 fully saturated rings. The summed E-state index contributed by atoms with van der Waals surface area (Å²) in [6.07, 6.45) is 4.87. The summed E-state index contributed by atoms with van der Waals surface area (Å²) in [7, 11) is 1.44. The summed E-state index contributed by atoms with van der Waals surface area (Å²) in [5.74, 6) is -8.42. The van der Waals surface area contributed by atoms with Crippen molar-refractivity contribution in [1.82, 2.24) is 9.91 Å². The number of nitrogens with zero attached hydrogens (tertiary/aromatic N) is 3. The van der Waals surface area contributed by atoms with Crippen LogP contribution >= 0.6 is 0 Å². The molecule has 4 aliphatic heterocycles. The lowest BCUT2D eigenvalue weighted by molar-refractivity contribution is -0.160. The number of allylic oxidation sites excluding steroid dienone is 2. The molecule has 5 bridgehead atoms. The summed E-state index contributed by atoms with van der Waals surface area (Å²) in [5, 5.41) is 67.5. The van der Waals surface area contributed by atoms with E-state index in [1.807, 2.05) is 18.2 Å². The molecule has 3 aromatic rings. The summed E-state index contributed by atoms with van der Waals surface area (Å²) in [4.78, 5) is 43.1. The Kier molecular flexibility index (Phi) is 15.0. The van der Waals surface area contributed by atoms with E-state index in [0.29, 0.717) is 26.2 Å². The lowest BCUT2D eigenvalue weighted by Crippen LogP contribution is -2.46. The third-order valence-electron chi connectivity index (χ3n) is 13.0. The zero-order valence-corrected chi connectivity index (χ0v) is 38.4. The molecule has 1 saturated heterocycles. The third kappa shape index (κ3) is 10.0. The molecule has 9 atom stereocenters. The number of piperazine rings is 1. The SMILES string of the molecule is COC1/C=C/OC2(C)Oc3c(C)c(O)c4c(O)c(c(/C=N/N5CCN(Cc6ccccc6)CC5)c(O)c4c3C2=O)NC(=O)C(C)=C/C=C/C(C)C(O)C(C)C(O)C(C)C(OC(C)=O)C1C. The van der Waals surface area contributed by atoms with E-state index >= 15 is 0 Å². The lowest BCUT2D eigenvalue weighted by Gasteiger charge is -2.38. The minimum Gasteiger partial charge on any atom is -0.507 e. The highest BCUT2D eigenvalue weighted by Crippen LogP contribution is 2.55. The van der Waals surface area contributed by atoms with Crippen LogP contribution in [0.25, 0.3) is 10.8 Å². The number of aromatic hydroxyl groups is 3. The Hall–Kier alpha value is -5.94. The van der Waals surface area contributed by atoms with Crippen molar-refractivity contribution in [2.24, 2.45) is 28.8 Å². The smallest absolute Gasteiger partial charge is 0.312 e. The highest BCUT2D eigenvalue weighted by molar-refractivity contribution is 6.23. The van der Waals surface area contributed by atoms with E-state index in [1.54, 1.807) is 44.9 Å². The van der Waals surface area contributed by atoms with Gasteiger partial charge in [-0.05, 0) is 25.5 Å². The van der Waals surface area contributed by atoms with E-state index in [-0.39, 0.29) is 44.5 Å². The number of hydrazone groups is 1. The van der Waals surface area contributed by atoms with Gasteiger partial charge >= 0.3 is 11.8 Å². The lowest BCUT2D eigenvalue weighted by atomic mass is 9.78. The number of ether oxygens (including phenoxy) is 4. The van der Waals surface area contributed by atoms with Crippen LogP contribution in [0.4, 0.5) is 5.69 Å². The number of methoxy groups -OCH3 is 1. The van der Waals surface area contributed by atoms with Crippen molar-refractivity contribution in [1.29, 1.82) is 0 Å². The largest absolute Gasteiger partial charge is 0.507 e. The number of rotatable bonds is 6. The van der Waals surface area contributed by atoms with Crippen molar-refractivity contribution in [3.05, 3.63) is 88.7 Å². The zero-order chi connectivity index (χ0) is 47.5. The van der Waals surface area contributed by atoms with Gasteiger partial charge in [0.15, 0.2) is 5.75 Å². The fourth-order valence-electron chi connectivity index (χ4n) is 8.86. The van der Waals surface area contributed by atoms with Crippen LogP contribution in [-0.2, 0) is 30.3 Å². The molecule has 4 heterocycles. The molecule has 16 heteroatoms. The topological polar surface area (TPSA) is 220 Å². The second kappa shape index (κ2) is 20.1. The molecule has 350 valence electrons. The summed E-state index contributed by atoms with van der Waals surface area (Å²) >= 11 is 0. The number of phenolic OH excluding ortho intramolecular Hbond substituents is 3. The van der Waals surface area contributed by atoms with Gasteiger partial charge in [0.05, 0.1) is 53.0 Å². The van der Waals surface area contributed by atoms with Gasteiger partial charge in [-0.3, -0.25) is 24.3 Å². The van der Waals surface area contributed by atoms with E-state index in [2.05, 4.69) is 27.5 Å². The number of carbonyl (C=O) groups excluding carboxylic acids is 3. The Morgan fingerprint density at radius 3 is 2.25 bits per heavy atom. The number of amides is 1. The Morgan fingerprint density at radius 2 is 1.60 bits per heavy atom. The predicted molar refractivity (Wildman–Crippen MR) is 245 cm³/mol. The number of carbonyl (C=O) groups is 3. The number of nitrogens with one attached hydrogen (secondary N) is 1. The van der Waals surface area contributed by atoms with Crippen molar-refractivity contribution in [3.8, 4) is 23.0 Å². The van der Waals surface area contributed by atoms with Crippen molar-refractivity contribution in [2.75, 3.05) is 38.6 Å². The van der Waals surface area contributed by atoms with Gasteiger partial charge in [0.25, 0.3) is 11.7 Å². The van der Waals surface area contributed by atoms with Gasteiger partial charge in [0.2, 0.25) is 0 Å². The maximum absolute atomic E-state index is 14.6. The molecule has 3 aromatic carbocycles. The number of anilines is 1. The molecular weight excluding hydrogens is 837 g/mol. The molecule has 0 saturated carbocycles. The van der Waals surface area contributed by atoms with Crippen molar-refractivity contribution >= 4 is 40.3 Å². The minimum absolute atomic E-state index is 0.0522. The van der Waals surface area contributed by atoms with E-state index in [1.165, 1.54) is 65.0 Å². The fraction of sp³-hybridized carbons (Fsp3) is 0.469. The van der Waals surface area contributed by atoms with E-state index < -0.39 is 88.8 Å². The first-order chi connectivity index (χ1) is 30.8. The summed E-state index contributed by atoms with van der Waals surface area (Å²) in [6, 6.07) is 10.1. The number of Topliss-reactive ketones (excluding diaryl/α,β-unsaturated/α-hetero) is 1. The number of aliphatic hydroxyl groups is 2. The number of hydrogen-bond donors (Lipinski definition) is 6. The standard InChI is InChI=1S/C49H62N4O12/c1-26-14-13-15-27(2)48(61)51-39-34(24-50-53-21-19-52(20-22-53)25-33-16-11-10-12-17-33)43(58)36-37(44(39)59)42(57)31(6)46-38(36)47(60)49(8,65-46)63-23-18-35(62-9)28(3)45(64-32(7)54)30(5)41(56)29(4)40(26)55/h10-18,23-24,26,28-30,35,40-41,45,55-59H,19-22,25H2,1-9H3,(H,51,61)/b14-13+,23-18+,27-15?,50-24+. The van der Waals surface area contributed by atoms with Crippen LogP contribution in [0.15, 0.2) is 71.6 Å². The van der Waals surface area contributed by atoms with Gasteiger partial charge in [-0.1, -0.05) is 76.3 Å². The average molecular weight is 899 g/mol. The van der Waals surface area contributed by atoms with Crippen LogP contribution in [0.3, 0.4) is 0 Å². The number of hydrogen-bond acceptors (Lipinski definition) is 15. The van der Waals surface area contributed by atoms with Crippen molar-refractivity contribution in [2.45, 2.75) is 92.1 Å². The molecule has 0 spiro atoms. The highest BCUT2D eigenvalue weighted by atomic mass is 16.7. The third-order valence-corrected chi connectivity index (χ3v) is 13.0. The summed E-state index contributed by atoms with van der Waals surface area (Å²) in [5.41, 5.74) is 0.808. The molecule has 1 amide bonds. The van der Waals surface area contributed by atoms with Crippen molar-refractivity contribution < 1.29 is 58.9 Å². The maximum atomic E-state index is 14.6. The maximum Gasteiger partial charge on any atom is 0.312 e. The monoisotopic (exact) mass is 898 g/mol.